The highest BCUT2D eigenvalue weighted by atomic mass is 16.5. The van der Waals surface area contributed by atoms with Gasteiger partial charge >= 0.3 is 0 Å². The Hall–Kier alpha value is -1.22. The zero-order valence-electron chi connectivity index (χ0n) is 7.20. The maximum atomic E-state index is 9.33. The van der Waals surface area contributed by atoms with Crippen LogP contribution in [0.1, 0.15) is 5.56 Å². The Bertz CT molecular complexity index is 258. The second-order valence-electron chi connectivity index (χ2n) is 2.43. The van der Waals surface area contributed by atoms with Gasteiger partial charge in [-0.2, -0.15) is 0 Å². The molecule has 12 heavy (non-hydrogen) atoms. The molecule has 0 saturated heterocycles. The maximum absolute atomic E-state index is 9.33. The van der Waals surface area contributed by atoms with E-state index in [1.165, 1.54) is 0 Å². The highest BCUT2D eigenvalue weighted by Gasteiger charge is 2.01. The number of phenols is 1. The van der Waals surface area contributed by atoms with Crippen molar-refractivity contribution in [2.24, 2.45) is 0 Å². The molecular formula is C9H12O3. The van der Waals surface area contributed by atoms with Gasteiger partial charge in [-0.05, 0) is 18.2 Å². The van der Waals surface area contributed by atoms with E-state index in [0.717, 1.165) is 11.3 Å². The van der Waals surface area contributed by atoms with Crippen molar-refractivity contribution < 1.29 is 14.6 Å². The Morgan fingerprint density at radius 2 is 2.08 bits per heavy atom. The van der Waals surface area contributed by atoms with Gasteiger partial charge in [0.05, 0.1) is 13.7 Å². The molecule has 0 amide bonds. The summed E-state index contributed by atoms with van der Waals surface area (Å²) in [6.07, 6.45) is 0. The summed E-state index contributed by atoms with van der Waals surface area (Å²) in [5, 5.41) is 9.33. The second kappa shape index (κ2) is 3.97. The molecule has 1 aromatic carbocycles. The molecule has 0 aliphatic rings. The minimum absolute atomic E-state index is 0.234. The number of aromatic hydroxyl groups is 1. The quantitative estimate of drug-likeness (QED) is 0.744. The van der Waals surface area contributed by atoms with Crippen molar-refractivity contribution in [2.45, 2.75) is 6.61 Å². The largest absolute Gasteiger partial charge is 0.508 e. The van der Waals surface area contributed by atoms with Gasteiger partial charge in [-0.15, -0.1) is 0 Å². The monoisotopic (exact) mass is 168 g/mol. The van der Waals surface area contributed by atoms with Crippen molar-refractivity contribution in [1.82, 2.24) is 0 Å². The van der Waals surface area contributed by atoms with Crippen LogP contribution in [0.3, 0.4) is 0 Å². The normalized spacial score (nSPS) is 9.83. The molecule has 0 bridgehead atoms. The van der Waals surface area contributed by atoms with Gasteiger partial charge in [-0.25, -0.2) is 0 Å². The van der Waals surface area contributed by atoms with Crippen molar-refractivity contribution in [3.63, 3.8) is 0 Å². The van der Waals surface area contributed by atoms with Crippen LogP contribution in [0.2, 0.25) is 0 Å². The number of phenolic OH excluding ortho intramolecular Hbond substituents is 1. The van der Waals surface area contributed by atoms with Gasteiger partial charge in [0.1, 0.15) is 11.5 Å². The Balaban J connectivity index is 2.91. The average Bonchev–Trinajstić information content (AvgIpc) is 2.09. The molecule has 0 aromatic heterocycles. The first kappa shape index (κ1) is 8.87. The molecule has 0 spiro atoms. The number of benzene rings is 1. The van der Waals surface area contributed by atoms with Crippen molar-refractivity contribution >= 4 is 0 Å². The zero-order chi connectivity index (χ0) is 8.97. The van der Waals surface area contributed by atoms with Crippen molar-refractivity contribution in [2.75, 3.05) is 14.2 Å². The van der Waals surface area contributed by atoms with E-state index in [0.29, 0.717) is 6.61 Å². The summed E-state index contributed by atoms with van der Waals surface area (Å²) in [4.78, 5) is 0. The first-order valence-electron chi connectivity index (χ1n) is 3.62. The summed E-state index contributed by atoms with van der Waals surface area (Å²) in [6, 6.07) is 5.04. The van der Waals surface area contributed by atoms with Gasteiger partial charge in [0, 0.05) is 12.7 Å². The van der Waals surface area contributed by atoms with Gasteiger partial charge in [0.15, 0.2) is 0 Å². The Morgan fingerprint density at radius 1 is 1.33 bits per heavy atom. The summed E-state index contributed by atoms with van der Waals surface area (Å²) < 4.78 is 9.88. The van der Waals surface area contributed by atoms with E-state index in [9.17, 15) is 5.11 Å². The van der Waals surface area contributed by atoms with E-state index in [1.54, 1.807) is 32.4 Å². The third-order valence-electron chi connectivity index (χ3n) is 1.59. The molecule has 0 fully saturated rings. The van der Waals surface area contributed by atoms with Crippen LogP contribution >= 0.6 is 0 Å². The lowest BCUT2D eigenvalue weighted by atomic mass is 10.2. The smallest absolute Gasteiger partial charge is 0.121 e. The highest BCUT2D eigenvalue weighted by molar-refractivity contribution is 5.38. The van der Waals surface area contributed by atoms with Gasteiger partial charge in [0.25, 0.3) is 0 Å². The summed E-state index contributed by atoms with van der Waals surface area (Å²) in [5.74, 6) is 0.956. The van der Waals surface area contributed by atoms with E-state index < -0.39 is 0 Å². The fraction of sp³-hybridized carbons (Fsp3) is 0.333. The second-order valence-corrected chi connectivity index (χ2v) is 2.43. The minimum atomic E-state index is 0.234. The Morgan fingerprint density at radius 3 is 2.67 bits per heavy atom. The van der Waals surface area contributed by atoms with Crippen LogP contribution in [0.5, 0.6) is 11.5 Å². The van der Waals surface area contributed by atoms with Crippen LogP contribution in [0, 0.1) is 0 Å². The van der Waals surface area contributed by atoms with E-state index in [-0.39, 0.29) is 5.75 Å². The van der Waals surface area contributed by atoms with Crippen LogP contribution in [0.25, 0.3) is 0 Å². The van der Waals surface area contributed by atoms with E-state index in [4.69, 9.17) is 9.47 Å². The number of methoxy groups -OCH3 is 2. The fourth-order valence-electron chi connectivity index (χ4n) is 0.960. The Labute approximate surface area is 71.5 Å². The lowest BCUT2D eigenvalue weighted by molar-refractivity contribution is 0.181. The summed E-state index contributed by atoms with van der Waals surface area (Å²) in [7, 11) is 3.17. The molecule has 0 atom stereocenters. The highest BCUT2D eigenvalue weighted by Crippen LogP contribution is 2.22. The first-order valence-corrected chi connectivity index (χ1v) is 3.62. The molecule has 0 heterocycles. The number of hydrogen-bond donors (Lipinski definition) is 1. The van der Waals surface area contributed by atoms with Crippen LogP contribution in [-0.2, 0) is 11.3 Å². The molecule has 0 saturated carbocycles. The van der Waals surface area contributed by atoms with Gasteiger partial charge in [-0.1, -0.05) is 0 Å². The van der Waals surface area contributed by atoms with Gasteiger partial charge in [0.2, 0.25) is 0 Å². The topological polar surface area (TPSA) is 38.7 Å². The predicted octanol–water partition coefficient (Wildman–Crippen LogP) is 1.55. The summed E-state index contributed by atoms with van der Waals surface area (Å²) in [5.41, 5.74) is 0.733. The number of hydrogen-bond acceptors (Lipinski definition) is 3. The first-order chi connectivity index (χ1) is 5.77. The number of ether oxygens (including phenoxy) is 2. The van der Waals surface area contributed by atoms with E-state index in [1.807, 2.05) is 0 Å². The third-order valence-corrected chi connectivity index (χ3v) is 1.59. The maximum Gasteiger partial charge on any atom is 0.121 e. The average molecular weight is 168 g/mol. The standard InChI is InChI=1S/C9H12O3/c1-11-6-7-5-8(12-2)3-4-9(7)10/h3-5,10H,6H2,1-2H3. The van der Waals surface area contributed by atoms with Crippen LogP contribution < -0.4 is 4.74 Å². The Kier molecular flexibility index (Phi) is 2.94. The molecule has 66 valence electrons. The molecule has 3 nitrogen and oxygen atoms in total. The molecule has 0 radical (unpaired) electrons. The lowest BCUT2D eigenvalue weighted by Crippen LogP contribution is -1.90. The molecule has 0 aliphatic carbocycles. The van der Waals surface area contributed by atoms with Gasteiger partial charge < -0.3 is 14.6 Å². The van der Waals surface area contributed by atoms with Crippen molar-refractivity contribution in [3.05, 3.63) is 23.8 Å². The fourth-order valence-corrected chi connectivity index (χ4v) is 0.960. The molecule has 0 unspecified atom stereocenters. The zero-order valence-corrected chi connectivity index (χ0v) is 7.20. The van der Waals surface area contributed by atoms with Crippen LogP contribution in [-0.4, -0.2) is 19.3 Å². The lowest BCUT2D eigenvalue weighted by Gasteiger charge is -2.05. The summed E-state index contributed by atoms with van der Waals surface area (Å²) in [6.45, 7) is 0.392. The SMILES string of the molecule is COCc1cc(OC)ccc1O. The molecule has 1 aromatic rings. The van der Waals surface area contributed by atoms with Gasteiger partial charge in [-0.3, -0.25) is 0 Å². The summed E-state index contributed by atoms with van der Waals surface area (Å²) >= 11 is 0. The van der Waals surface area contributed by atoms with Crippen LogP contribution in [0.15, 0.2) is 18.2 Å². The minimum Gasteiger partial charge on any atom is -0.508 e. The molecule has 3 heteroatoms. The molecule has 0 aliphatic heterocycles. The number of rotatable bonds is 3. The third kappa shape index (κ3) is 1.89. The molecule has 1 rings (SSSR count). The van der Waals surface area contributed by atoms with E-state index in [2.05, 4.69) is 0 Å². The molecular weight excluding hydrogens is 156 g/mol. The van der Waals surface area contributed by atoms with Crippen molar-refractivity contribution in [1.29, 1.82) is 0 Å². The van der Waals surface area contributed by atoms with E-state index >= 15 is 0 Å². The van der Waals surface area contributed by atoms with Crippen LogP contribution in [0.4, 0.5) is 0 Å². The molecule has 1 N–H and O–H groups in total. The predicted molar refractivity (Wildman–Crippen MR) is 45.4 cm³/mol. The van der Waals surface area contributed by atoms with Crippen molar-refractivity contribution in [3.8, 4) is 11.5 Å².